The molecule has 0 bridgehead atoms. The van der Waals surface area contributed by atoms with Gasteiger partial charge >= 0.3 is 0 Å². The van der Waals surface area contributed by atoms with Gasteiger partial charge in [0.2, 0.25) is 0 Å². The molecule has 1 aromatic rings. The van der Waals surface area contributed by atoms with Crippen molar-refractivity contribution in [3.63, 3.8) is 0 Å². The van der Waals surface area contributed by atoms with Gasteiger partial charge in [-0.25, -0.2) is 0 Å². The third kappa shape index (κ3) is 2.69. The smallest absolute Gasteiger partial charge is 0.137 e. The van der Waals surface area contributed by atoms with Gasteiger partial charge in [0.15, 0.2) is 0 Å². The highest BCUT2D eigenvalue weighted by molar-refractivity contribution is 5.28. The number of rotatable bonds is 7. The Kier molecular flexibility index (Phi) is 4.25. The first-order valence-electron chi connectivity index (χ1n) is 8.16. The van der Waals surface area contributed by atoms with Crippen molar-refractivity contribution in [1.29, 1.82) is 0 Å². The lowest BCUT2D eigenvalue weighted by atomic mass is 9.98. The van der Waals surface area contributed by atoms with Crippen LogP contribution in [0.4, 0.5) is 0 Å². The van der Waals surface area contributed by atoms with Crippen LogP contribution in [0.25, 0.3) is 0 Å². The molecule has 1 heterocycles. The number of fused-ring (bicyclic) bond motifs is 1. The number of ether oxygens (including phenoxy) is 1. The molecule has 3 rings (SSSR count). The van der Waals surface area contributed by atoms with Crippen molar-refractivity contribution in [3.8, 4) is 5.75 Å². The van der Waals surface area contributed by atoms with Crippen molar-refractivity contribution in [2.45, 2.75) is 45.6 Å². The van der Waals surface area contributed by atoms with Crippen molar-refractivity contribution in [3.05, 3.63) is 24.0 Å². The Morgan fingerprint density at radius 2 is 2.10 bits per heavy atom. The van der Waals surface area contributed by atoms with Crippen LogP contribution in [0.2, 0.25) is 0 Å². The van der Waals surface area contributed by atoms with Crippen LogP contribution in [-0.2, 0) is 0 Å². The number of aromatic nitrogens is 1. The fourth-order valence-corrected chi connectivity index (χ4v) is 4.00. The van der Waals surface area contributed by atoms with E-state index in [0.717, 1.165) is 30.0 Å². The molecule has 20 heavy (non-hydrogen) atoms. The van der Waals surface area contributed by atoms with Crippen molar-refractivity contribution < 1.29 is 4.74 Å². The molecule has 110 valence electrons. The van der Waals surface area contributed by atoms with Gasteiger partial charge < -0.3 is 10.1 Å². The summed E-state index contributed by atoms with van der Waals surface area (Å²) < 4.78 is 5.61. The standard InChI is InChI=1S/C17H26N2O/c1-3-8-19-17(16-14-6-5-7-15(14)16)12-9-13(20-4-2)11-18-10-12/h9-11,14-17,19H,3-8H2,1-2H3. The Hall–Kier alpha value is -1.09. The first-order valence-corrected chi connectivity index (χ1v) is 8.16. The van der Waals surface area contributed by atoms with Crippen molar-refractivity contribution in [2.24, 2.45) is 17.8 Å². The Labute approximate surface area is 122 Å². The topological polar surface area (TPSA) is 34.2 Å². The molecule has 3 nitrogen and oxygen atoms in total. The summed E-state index contributed by atoms with van der Waals surface area (Å²) in [6.07, 6.45) is 9.30. The zero-order valence-corrected chi connectivity index (χ0v) is 12.6. The Morgan fingerprint density at radius 1 is 1.30 bits per heavy atom. The first-order chi connectivity index (χ1) is 9.85. The predicted octanol–water partition coefficient (Wildman–Crippen LogP) is 3.57. The average molecular weight is 274 g/mol. The lowest BCUT2D eigenvalue weighted by molar-refractivity contribution is 0.336. The summed E-state index contributed by atoms with van der Waals surface area (Å²) in [6, 6.07) is 2.65. The van der Waals surface area contributed by atoms with Gasteiger partial charge in [-0.2, -0.15) is 0 Å². The van der Waals surface area contributed by atoms with Crippen molar-refractivity contribution >= 4 is 0 Å². The SMILES string of the molecule is CCCNC(c1cncc(OCC)c1)C1C2CCCC21. The van der Waals surface area contributed by atoms with Crippen molar-refractivity contribution in [1.82, 2.24) is 10.3 Å². The Bertz CT molecular complexity index is 438. The monoisotopic (exact) mass is 274 g/mol. The van der Waals surface area contributed by atoms with Crippen molar-refractivity contribution in [2.75, 3.05) is 13.2 Å². The summed E-state index contributed by atoms with van der Waals surface area (Å²) in [7, 11) is 0. The molecule has 1 N–H and O–H groups in total. The molecule has 2 aliphatic carbocycles. The fraction of sp³-hybridized carbons (Fsp3) is 0.706. The van der Waals surface area contributed by atoms with E-state index < -0.39 is 0 Å². The maximum atomic E-state index is 5.61. The normalized spacial score (nSPS) is 29.0. The van der Waals surface area contributed by atoms with E-state index >= 15 is 0 Å². The summed E-state index contributed by atoms with van der Waals surface area (Å²) in [5, 5.41) is 3.75. The van der Waals surface area contributed by atoms with E-state index in [1.54, 1.807) is 0 Å². The largest absolute Gasteiger partial charge is 0.492 e. The van der Waals surface area contributed by atoms with Gasteiger partial charge in [0.25, 0.3) is 0 Å². The van der Waals surface area contributed by atoms with Gasteiger partial charge in [-0.15, -0.1) is 0 Å². The summed E-state index contributed by atoms with van der Waals surface area (Å²) in [5.41, 5.74) is 1.31. The number of hydrogen-bond donors (Lipinski definition) is 1. The van der Waals surface area contributed by atoms with E-state index in [-0.39, 0.29) is 0 Å². The molecule has 0 spiro atoms. The van der Waals surface area contributed by atoms with Gasteiger partial charge in [-0.3, -0.25) is 4.98 Å². The molecular weight excluding hydrogens is 248 g/mol. The number of nitrogens with one attached hydrogen (secondary N) is 1. The second-order valence-corrected chi connectivity index (χ2v) is 6.15. The lowest BCUT2D eigenvalue weighted by Gasteiger charge is -2.21. The highest BCUT2D eigenvalue weighted by Gasteiger charge is 2.55. The summed E-state index contributed by atoms with van der Waals surface area (Å²) in [5.74, 6) is 3.65. The molecule has 0 radical (unpaired) electrons. The molecule has 2 saturated carbocycles. The van der Waals surface area contributed by atoms with E-state index in [4.69, 9.17) is 4.74 Å². The fourth-order valence-electron chi connectivity index (χ4n) is 4.00. The molecule has 1 aromatic heterocycles. The van der Waals surface area contributed by atoms with Crippen LogP contribution in [0.3, 0.4) is 0 Å². The van der Waals surface area contributed by atoms with E-state index in [1.165, 1.54) is 31.2 Å². The highest BCUT2D eigenvalue weighted by Crippen LogP contribution is 2.62. The third-order valence-electron chi connectivity index (χ3n) is 4.88. The van der Waals surface area contributed by atoms with E-state index in [0.29, 0.717) is 12.6 Å². The summed E-state index contributed by atoms with van der Waals surface area (Å²) in [6.45, 7) is 6.03. The zero-order chi connectivity index (χ0) is 13.9. The lowest BCUT2D eigenvalue weighted by Crippen LogP contribution is -2.25. The van der Waals surface area contributed by atoms with Gasteiger partial charge in [0.1, 0.15) is 5.75 Å². The van der Waals surface area contributed by atoms with Crippen LogP contribution in [0, 0.1) is 17.8 Å². The van der Waals surface area contributed by atoms with Gasteiger partial charge in [-0.05, 0) is 62.1 Å². The quantitative estimate of drug-likeness (QED) is 0.825. The molecule has 2 fully saturated rings. The highest BCUT2D eigenvalue weighted by atomic mass is 16.5. The number of nitrogens with zero attached hydrogens (tertiary/aromatic N) is 1. The average Bonchev–Trinajstić information content (AvgIpc) is 2.93. The molecule has 2 aliphatic rings. The summed E-state index contributed by atoms with van der Waals surface area (Å²) >= 11 is 0. The molecular formula is C17H26N2O. The minimum Gasteiger partial charge on any atom is -0.492 e. The molecule has 0 saturated heterocycles. The second kappa shape index (κ2) is 6.13. The molecule has 3 unspecified atom stereocenters. The number of pyridine rings is 1. The molecule has 3 heteroatoms. The minimum absolute atomic E-state index is 0.471. The van der Waals surface area contributed by atoms with Crippen LogP contribution < -0.4 is 10.1 Å². The first kappa shape index (κ1) is 13.9. The molecule has 0 amide bonds. The van der Waals surface area contributed by atoms with Crippen LogP contribution in [0.15, 0.2) is 18.5 Å². The zero-order valence-electron chi connectivity index (χ0n) is 12.6. The summed E-state index contributed by atoms with van der Waals surface area (Å²) in [4.78, 5) is 4.37. The Balaban J connectivity index is 1.76. The van der Waals surface area contributed by atoms with E-state index in [1.807, 2.05) is 19.3 Å². The minimum atomic E-state index is 0.471. The van der Waals surface area contributed by atoms with Crippen LogP contribution >= 0.6 is 0 Å². The van der Waals surface area contributed by atoms with E-state index in [2.05, 4.69) is 23.3 Å². The van der Waals surface area contributed by atoms with Crippen LogP contribution in [-0.4, -0.2) is 18.1 Å². The van der Waals surface area contributed by atoms with Crippen LogP contribution in [0.1, 0.15) is 51.1 Å². The van der Waals surface area contributed by atoms with Gasteiger partial charge in [-0.1, -0.05) is 13.3 Å². The molecule has 3 atom stereocenters. The number of hydrogen-bond acceptors (Lipinski definition) is 3. The Morgan fingerprint density at radius 3 is 2.80 bits per heavy atom. The van der Waals surface area contributed by atoms with Gasteiger partial charge in [0.05, 0.1) is 12.8 Å². The third-order valence-corrected chi connectivity index (χ3v) is 4.88. The van der Waals surface area contributed by atoms with E-state index in [9.17, 15) is 0 Å². The van der Waals surface area contributed by atoms with Crippen LogP contribution in [0.5, 0.6) is 5.75 Å². The second-order valence-electron chi connectivity index (χ2n) is 6.15. The maximum absolute atomic E-state index is 5.61. The maximum Gasteiger partial charge on any atom is 0.137 e. The molecule has 0 aromatic carbocycles. The molecule has 0 aliphatic heterocycles. The van der Waals surface area contributed by atoms with Gasteiger partial charge in [0, 0.05) is 12.2 Å². The predicted molar refractivity (Wildman–Crippen MR) is 80.8 cm³/mol.